The maximum atomic E-state index is 12.6. The summed E-state index contributed by atoms with van der Waals surface area (Å²) in [6.07, 6.45) is 4.19. The van der Waals surface area contributed by atoms with Crippen molar-refractivity contribution in [1.29, 1.82) is 0 Å². The van der Waals surface area contributed by atoms with Gasteiger partial charge in [0.05, 0.1) is 11.4 Å². The second-order valence-electron chi connectivity index (χ2n) is 6.35. The number of amides is 2. The molecule has 0 atom stereocenters. The first-order valence-electron chi connectivity index (χ1n) is 9.06. The molecule has 7 nitrogen and oxygen atoms in total. The van der Waals surface area contributed by atoms with E-state index < -0.39 is 15.9 Å². The van der Waals surface area contributed by atoms with E-state index in [1.165, 1.54) is 28.6 Å². The summed E-state index contributed by atoms with van der Waals surface area (Å²) in [5.74, 6) is -0.694. The molecule has 0 radical (unpaired) electrons. The SMILES string of the molecule is CCN(CC)S(=O)(=O)c1cccc(C(=O)NCC(=O)NC2CCCC2)c1. The largest absolute Gasteiger partial charge is 0.352 e. The minimum atomic E-state index is -3.63. The van der Waals surface area contributed by atoms with Crippen LogP contribution >= 0.6 is 0 Å². The van der Waals surface area contributed by atoms with E-state index in [9.17, 15) is 18.0 Å². The zero-order chi connectivity index (χ0) is 19.2. The van der Waals surface area contributed by atoms with Crippen molar-refractivity contribution in [3.8, 4) is 0 Å². The van der Waals surface area contributed by atoms with Gasteiger partial charge in [-0.25, -0.2) is 8.42 Å². The molecule has 0 spiro atoms. The van der Waals surface area contributed by atoms with Gasteiger partial charge >= 0.3 is 0 Å². The Bertz CT molecular complexity index is 739. The smallest absolute Gasteiger partial charge is 0.251 e. The summed E-state index contributed by atoms with van der Waals surface area (Å²) in [6, 6.07) is 6.08. The summed E-state index contributed by atoms with van der Waals surface area (Å²) in [7, 11) is -3.63. The Hall–Kier alpha value is -1.93. The van der Waals surface area contributed by atoms with E-state index in [2.05, 4.69) is 10.6 Å². The van der Waals surface area contributed by atoms with Crippen LogP contribution in [0.3, 0.4) is 0 Å². The Morgan fingerprint density at radius 2 is 1.81 bits per heavy atom. The molecular weight excluding hydrogens is 354 g/mol. The van der Waals surface area contributed by atoms with Gasteiger partial charge < -0.3 is 10.6 Å². The van der Waals surface area contributed by atoms with Crippen molar-refractivity contribution in [3.05, 3.63) is 29.8 Å². The monoisotopic (exact) mass is 381 g/mol. The van der Waals surface area contributed by atoms with Crippen LogP contribution in [0, 0.1) is 0 Å². The molecule has 1 aliphatic carbocycles. The second-order valence-corrected chi connectivity index (χ2v) is 8.29. The normalized spacial score (nSPS) is 15.2. The molecule has 144 valence electrons. The third kappa shape index (κ3) is 5.04. The number of rotatable bonds is 8. The second kappa shape index (κ2) is 9.14. The summed E-state index contributed by atoms with van der Waals surface area (Å²) in [5, 5.41) is 5.44. The number of nitrogens with zero attached hydrogens (tertiary/aromatic N) is 1. The van der Waals surface area contributed by atoms with Crippen LogP contribution in [0.2, 0.25) is 0 Å². The molecule has 0 bridgehead atoms. The first-order chi connectivity index (χ1) is 12.4. The maximum absolute atomic E-state index is 12.6. The predicted molar refractivity (Wildman–Crippen MR) is 99.3 cm³/mol. The quantitative estimate of drug-likeness (QED) is 0.713. The Kier molecular flexibility index (Phi) is 7.16. The van der Waals surface area contributed by atoms with E-state index in [1.807, 2.05) is 0 Å². The lowest BCUT2D eigenvalue weighted by Crippen LogP contribution is -2.41. The van der Waals surface area contributed by atoms with Crippen LogP contribution in [0.25, 0.3) is 0 Å². The van der Waals surface area contributed by atoms with Crippen molar-refractivity contribution in [1.82, 2.24) is 14.9 Å². The molecule has 26 heavy (non-hydrogen) atoms. The Labute approximate surface area is 155 Å². The summed E-state index contributed by atoms with van der Waals surface area (Å²) in [6.45, 7) is 4.12. The van der Waals surface area contributed by atoms with Crippen LogP contribution in [-0.2, 0) is 14.8 Å². The molecule has 1 saturated carbocycles. The average Bonchev–Trinajstić information content (AvgIpc) is 3.13. The predicted octanol–water partition coefficient (Wildman–Crippen LogP) is 1.51. The van der Waals surface area contributed by atoms with E-state index in [-0.39, 0.29) is 29.0 Å². The minimum absolute atomic E-state index is 0.0734. The van der Waals surface area contributed by atoms with Crippen molar-refractivity contribution in [2.24, 2.45) is 0 Å². The van der Waals surface area contributed by atoms with E-state index in [4.69, 9.17) is 0 Å². The molecule has 1 aliphatic rings. The molecule has 8 heteroatoms. The number of nitrogens with one attached hydrogen (secondary N) is 2. The third-order valence-corrected chi connectivity index (χ3v) is 6.62. The van der Waals surface area contributed by atoms with Crippen LogP contribution in [-0.4, -0.2) is 50.2 Å². The van der Waals surface area contributed by atoms with Gasteiger partial charge in [0.2, 0.25) is 15.9 Å². The highest BCUT2D eigenvalue weighted by Crippen LogP contribution is 2.18. The topological polar surface area (TPSA) is 95.6 Å². The molecule has 1 aromatic carbocycles. The van der Waals surface area contributed by atoms with E-state index in [0.717, 1.165) is 25.7 Å². The highest BCUT2D eigenvalue weighted by molar-refractivity contribution is 7.89. The number of carbonyl (C=O) groups excluding carboxylic acids is 2. The van der Waals surface area contributed by atoms with Gasteiger partial charge in [0, 0.05) is 24.7 Å². The highest BCUT2D eigenvalue weighted by Gasteiger charge is 2.23. The number of carbonyl (C=O) groups is 2. The van der Waals surface area contributed by atoms with E-state index in [0.29, 0.717) is 13.1 Å². The number of hydrogen-bond acceptors (Lipinski definition) is 4. The molecule has 0 aromatic heterocycles. The summed E-state index contributed by atoms with van der Waals surface area (Å²) in [5.41, 5.74) is 0.215. The average molecular weight is 381 g/mol. The lowest BCUT2D eigenvalue weighted by Gasteiger charge is -2.18. The maximum Gasteiger partial charge on any atom is 0.251 e. The first-order valence-corrected chi connectivity index (χ1v) is 10.5. The molecule has 1 fully saturated rings. The van der Waals surface area contributed by atoms with Gasteiger partial charge in [-0.3, -0.25) is 9.59 Å². The fraction of sp³-hybridized carbons (Fsp3) is 0.556. The summed E-state index contributed by atoms with van der Waals surface area (Å²) < 4.78 is 26.4. The highest BCUT2D eigenvalue weighted by atomic mass is 32.2. The molecule has 2 N–H and O–H groups in total. The third-order valence-electron chi connectivity index (χ3n) is 4.57. The van der Waals surface area contributed by atoms with Crippen molar-refractivity contribution < 1.29 is 18.0 Å². The Morgan fingerprint density at radius 3 is 2.42 bits per heavy atom. The Balaban J connectivity index is 2.00. The minimum Gasteiger partial charge on any atom is -0.352 e. The van der Waals surface area contributed by atoms with Gasteiger partial charge in [0.1, 0.15) is 0 Å². The number of sulfonamides is 1. The number of benzene rings is 1. The zero-order valence-electron chi connectivity index (χ0n) is 15.3. The molecule has 0 unspecified atom stereocenters. The molecule has 1 aromatic rings. The lowest BCUT2D eigenvalue weighted by atomic mass is 10.2. The zero-order valence-corrected chi connectivity index (χ0v) is 16.1. The first kappa shape index (κ1) is 20.4. The number of hydrogen-bond donors (Lipinski definition) is 2. The molecule has 0 saturated heterocycles. The van der Waals surface area contributed by atoms with Gasteiger partial charge in [-0.2, -0.15) is 4.31 Å². The van der Waals surface area contributed by atoms with Gasteiger partial charge in [-0.15, -0.1) is 0 Å². The standard InChI is InChI=1S/C18H27N3O4S/c1-3-21(4-2)26(24,25)16-11-7-8-14(12-16)18(23)19-13-17(22)20-15-9-5-6-10-15/h7-8,11-12,15H,3-6,9-10,13H2,1-2H3,(H,19,23)(H,20,22). The summed E-state index contributed by atoms with van der Waals surface area (Å²) in [4.78, 5) is 24.2. The van der Waals surface area contributed by atoms with E-state index in [1.54, 1.807) is 13.8 Å². The van der Waals surface area contributed by atoms with Gasteiger partial charge in [0.25, 0.3) is 5.91 Å². The molecular formula is C18H27N3O4S. The van der Waals surface area contributed by atoms with Crippen LogP contribution in [0.1, 0.15) is 49.9 Å². The van der Waals surface area contributed by atoms with Gasteiger partial charge in [0.15, 0.2) is 0 Å². The van der Waals surface area contributed by atoms with Gasteiger partial charge in [-0.1, -0.05) is 32.8 Å². The summed E-state index contributed by atoms with van der Waals surface area (Å²) >= 11 is 0. The van der Waals surface area contributed by atoms with Crippen LogP contribution in [0.5, 0.6) is 0 Å². The van der Waals surface area contributed by atoms with Crippen molar-refractivity contribution in [2.45, 2.75) is 50.5 Å². The van der Waals surface area contributed by atoms with Crippen LogP contribution in [0.4, 0.5) is 0 Å². The van der Waals surface area contributed by atoms with E-state index >= 15 is 0 Å². The van der Waals surface area contributed by atoms with Crippen LogP contribution < -0.4 is 10.6 Å². The Morgan fingerprint density at radius 1 is 1.15 bits per heavy atom. The van der Waals surface area contributed by atoms with Crippen molar-refractivity contribution in [3.63, 3.8) is 0 Å². The van der Waals surface area contributed by atoms with Crippen molar-refractivity contribution >= 4 is 21.8 Å². The molecule has 0 aliphatic heterocycles. The molecule has 0 heterocycles. The molecule has 2 rings (SSSR count). The fourth-order valence-electron chi connectivity index (χ4n) is 3.12. The fourth-order valence-corrected chi connectivity index (χ4v) is 4.63. The lowest BCUT2D eigenvalue weighted by molar-refractivity contribution is -0.120. The van der Waals surface area contributed by atoms with Crippen molar-refractivity contribution in [2.75, 3.05) is 19.6 Å². The van der Waals surface area contributed by atoms with Gasteiger partial charge in [-0.05, 0) is 31.0 Å². The molecule has 2 amide bonds. The van der Waals surface area contributed by atoms with Crippen LogP contribution in [0.15, 0.2) is 29.2 Å².